The van der Waals surface area contributed by atoms with Crippen LogP contribution >= 0.6 is 0 Å². The van der Waals surface area contributed by atoms with Gasteiger partial charge >= 0.3 is 0 Å². The Morgan fingerprint density at radius 2 is 1.65 bits per heavy atom. The topological polar surface area (TPSA) is 66.5 Å². The molecule has 3 rings (SSSR count). The monoisotopic (exact) mass is 372 g/mol. The third-order valence-electron chi connectivity index (χ3n) is 4.92. The van der Waals surface area contributed by atoms with E-state index in [0.29, 0.717) is 37.4 Å². The molecule has 6 heteroatoms. The smallest absolute Gasteiger partial charge is 0.243 e. The number of amides is 1. The van der Waals surface area contributed by atoms with Gasteiger partial charge < -0.3 is 5.32 Å². The van der Waals surface area contributed by atoms with Gasteiger partial charge in [0.1, 0.15) is 0 Å². The van der Waals surface area contributed by atoms with E-state index in [-0.39, 0.29) is 11.8 Å². The van der Waals surface area contributed by atoms with E-state index < -0.39 is 10.0 Å². The van der Waals surface area contributed by atoms with E-state index in [0.717, 1.165) is 11.1 Å². The third kappa shape index (κ3) is 4.14. The van der Waals surface area contributed by atoms with Crippen LogP contribution in [0, 0.1) is 12.8 Å². The fourth-order valence-electron chi connectivity index (χ4n) is 3.23. The molecule has 0 bridgehead atoms. The average molecular weight is 372 g/mol. The highest BCUT2D eigenvalue weighted by molar-refractivity contribution is 7.89. The Balaban J connectivity index is 1.55. The lowest BCUT2D eigenvalue weighted by molar-refractivity contribution is -0.126. The van der Waals surface area contributed by atoms with Crippen LogP contribution in [0.15, 0.2) is 59.5 Å². The van der Waals surface area contributed by atoms with E-state index >= 15 is 0 Å². The highest BCUT2D eigenvalue weighted by atomic mass is 32.2. The Bertz CT molecular complexity index is 858. The van der Waals surface area contributed by atoms with Crippen molar-refractivity contribution in [3.8, 4) is 0 Å². The summed E-state index contributed by atoms with van der Waals surface area (Å²) in [5.41, 5.74) is 2.25. The van der Waals surface area contributed by atoms with Gasteiger partial charge in [-0.15, -0.1) is 0 Å². The molecule has 0 radical (unpaired) electrons. The minimum Gasteiger partial charge on any atom is -0.352 e. The van der Waals surface area contributed by atoms with Crippen molar-refractivity contribution in [1.82, 2.24) is 9.62 Å². The molecular weight excluding hydrogens is 348 g/mol. The SMILES string of the molecule is Cc1ccccc1CNC(=O)C1CCN(S(=O)(=O)c2ccccc2)CC1. The van der Waals surface area contributed by atoms with Crippen LogP contribution in [-0.4, -0.2) is 31.7 Å². The molecule has 5 nitrogen and oxygen atoms in total. The van der Waals surface area contributed by atoms with E-state index in [1.165, 1.54) is 4.31 Å². The second-order valence-electron chi connectivity index (χ2n) is 6.64. The van der Waals surface area contributed by atoms with E-state index in [1.54, 1.807) is 30.3 Å². The molecule has 1 fully saturated rings. The van der Waals surface area contributed by atoms with Gasteiger partial charge in [-0.3, -0.25) is 4.79 Å². The fourth-order valence-corrected chi connectivity index (χ4v) is 4.73. The molecule has 2 aromatic rings. The van der Waals surface area contributed by atoms with Crippen molar-refractivity contribution in [3.63, 3.8) is 0 Å². The lowest BCUT2D eigenvalue weighted by Gasteiger charge is -2.30. The third-order valence-corrected chi connectivity index (χ3v) is 6.83. The van der Waals surface area contributed by atoms with Crippen molar-refractivity contribution < 1.29 is 13.2 Å². The van der Waals surface area contributed by atoms with Crippen molar-refractivity contribution in [2.75, 3.05) is 13.1 Å². The van der Waals surface area contributed by atoms with Crippen LogP contribution in [0.25, 0.3) is 0 Å². The number of carbonyl (C=O) groups excluding carboxylic acids is 1. The van der Waals surface area contributed by atoms with Crippen molar-refractivity contribution in [2.24, 2.45) is 5.92 Å². The Morgan fingerprint density at radius 1 is 1.04 bits per heavy atom. The Kier molecular flexibility index (Phi) is 5.74. The van der Waals surface area contributed by atoms with Crippen molar-refractivity contribution in [1.29, 1.82) is 0 Å². The summed E-state index contributed by atoms with van der Waals surface area (Å²) in [6.07, 6.45) is 1.09. The molecule has 2 aromatic carbocycles. The normalized spacial score (nSPS) is 16.3. The number of aryl methyl sites for hydroxylation is 1. The first kappa shape index (κ1) is 18.6. The van der Waals surface area contributed by atoms with Gasteiger partial charge in [0.25, 0.3) is 0 Å². The standard InChI is InChI=1S/C20H24N2O3S/c1-16-7-5-6-8-18(16)15-21-20(23)17-11-13-22(14-12-17)26(24,25)19-9-3-2-4-10-19/h2-10,17H,11-15H2,1H3,(H,21,23). The second kappa shape index (κ2) is 8.01. The maximum absolute atomic E-state index is 12.6. The van der Waals surface area contributed by atoms with E-state index in [1.807, 2.05) is 31.2 Å². The van der Waals surface area contributed by atoms with Gasteiger partial charge in [-0.2, -0.15) is 4.31 Å². The van der Waals surface area contributed by atoms with Crippen LogP contribution in [-0.2, 0) is 21.4 Å². The number of nitrogens with one attached hydrogen (secondary N) is 1. The maximum atomic E-state index is 12.6. The minimum atomic E-state index is -3.47. The predicted octanol–water partition coefficient (Wildman–Crippen LogP) is 2.71. The fraction of sp³-hybridized carbons (Fsp3) is 0.350. The van der Waals surface area contributed by atoms with Gasteiger partial charge in [0, 0.05) is 25.6 Å². The number of carbonyl (C=O) groups is 1. The first-order valence-electron chi connectivity index (χ1n) is 8.86. The quantitative estimate of drug-likeness (QED) is 0.878. The van der Waals surface area contributed by atoms with E-state index in [2.05, 4.69) is 5.32 Å². The van der Waals surface area contributed by atoms with Crippen LogP contribution in [0.4, 0.5) is 0 Å². The summed E-state index contributed by atoms with van der Waals surface area (Å²) in [6.45, 7) is 3.28. The summed E-state index contributed by atoms with van der Waals surface area (Å²) in [5.74, 6) is -0.133. The number of piperidine rings is 1. The summed E-state index contributed by atoms with van der Waals surface area (Å²) in [6, 6.07) is 16.4. The molecule has 26 heavy (non-hydrogen) atoms. The molecule has 0 unspecified atom stereocenters. The van der Waals surface area contributed by atoms with Gasteiger partial charge in [0.05, 0.1) is 4.90 Å². The van der Waals surface area contributed by atoms with Crippen LogP contribution in [0.1, 0.15) is 24.0 Å². The van der Waals surface area contributed by atoms with E-state index in [9.17, 15) is 13.2 Å². The molecular formula is C20H24N2O3S. The van der Waals surface area contributed by atoms with Gasteiger partial charge in [-0.25, -0.2) is 8.42 Å². The zero-order valence-electron chi connectivity index (χ0n) is 14.9. The molecule has 0 aromatic heterocycles. The molecule has 138 valence electrons. The number of benzene rings is 2. The zero-order valence-corrected chi connectivity index (χ0v) is 15.7. The maximum Gasteiger partial charge on any atom is 0.243 e. The van der Waals surface area contributed by atoms with Gasteiger partial charge in [-0.1, -0.05) is 42.5 Å². The largest absolute Gasteiger partial charge is 0.352 e. The molecule has 1 amide bonds. The second-order valence-corrected chi connectivity index (χ2v) is 8.57. The Morgan fingerprint density at radius 3 is 2.31 bits per heavy atom. The minimum absolute atomic E-state index is 0.00464. The predicted molar refractivity (Wildman–Crippen MR) is 101 cm³/mol. The summed E-state index contributed by atoms with van der Waals surface area (Å²) in [5, 5.41) is 2.99. The molecule has 0 atom stereocenters. The summed E-state index contributed by atoms with van der Waals surface area (Å²) >= 11 is 0. The van der Waals surface area contributed by atoms with Gasteiger partial charge in [-0.05, 0) is 43.0 Å². The molecule has 1 N–H and O–H groups in total. The summed E-state index contributed by atoms with van der Waals surface area (Å²) < 4.78 is 26.8. The number of nitrogens with zero attached hydrogens (tertiary/aromatic N) is 1. The Labute approximate surface area is 155 Å². The summed E-state index contributed by atoms with van der Waals surface area (Å²) in [4.78, 5) is 12.7. The summed E-state index contributed by atoms with van der Waals surface area (Å²) in [7, 11) is -3.47. The number of rotatable bonds is 5. The highest BCUT2D eigenvalue weighted by Gasteiger charge is 2.31. The molecule has 1 aliphatic heterocycles. The van der Waals surface area contributed by atoms with Crippen LogP contribution < -0.4 is 5.32 Å². The van der Waals surface area contributed by atoms with Crippen molar-refractivity contribution in [3.05, 3.63) is 65.7 Å². The Hall–Kier alpha value is -2.18. The molecule has 1 aliphatic rings. The molecule has 1 heterocycles. The number of hydrogen-bond donors (Lipinski definition) is 1. The van der Waals surface area contributed by atoms with Crippen LogP contribution in [0.2, 0.25) is 0 Å². The molecule has 0 aliphatic carbocycles. The number of hydrogen-bond acceptors (Lipinski definition) is 3. The van der Waals surface area contributed by atoms with Crippen molar-refractivity contribution >= 4 is 15.9 Å². The average Bonchev–Trinajstić information content (AvgIpc) is 2.68. The van der Waals surface area contributed by atoms with E-state index in [4.69, 9.17) is 0 Å². The molecule has 0 spiro atoms. The van der Waals surface area contributed by atoms with Gasteiger partial charge in [0.2, 0.25) is 15.9 Å². The first-order valence-corrected chi connectivity index (χ1v) is 10.3. The van der Waals surface area contributed by atoms with Crippen LogP contribution in [0.5, 0.6) is 0 Å². The zero-order chi connectivity index (χ0) is 18.6. The number of sulfonamides is 1. The molecule has 0 saturated carbocycles. The molecule has 1 saturated heterocycles. The van der Waals surface area contributed by atoms with Gasteiger partial charge in [0.15, 0.2) is 0 Å². The highest BCUT2D eigenvalue weighted by Crippen LogP contribution is 2.24. The lowest BCUT2D eigenvalue weighted by Crippen LogP contribution is -2.42. The lowest BCUT2D eigenvalue weighted by atomic mass is 9.97. The van der Waals surface area contributed by atoms with Crippen molar-refractivity contribution in [2.45, 2.75) is 31.2 Å². The van der Waals surface area contributed by atoms with Crippen LogP contribution in [0.3, 0.4) is 0 Å². The first-order chi connectivity index (χ1) is 12.5.